The molecule has 0 saturated heterocycles. The summed E-state index contributed by atoms with van der Waals surface area (Å²) >= 11 is 0. The highest BCUT2D eigenvalue weighted by atomic mass is 16.6. The number of rotatable bonds is 11. The lowest BCUT2D eigenvalue weighted by molar-refractivity contribution is -0.385. The second-order valence-electron chi connectivity index (χ2n) is 4.67. The highest BCUT2D eigenvalue weighted by Gasteiger charge is 2.14. The van der Waals surface area contributed by atoms with Crippen molar-refractivity contribution in [2.45, 2.75) is 12.8 Å². The lowest BCUT2D eigenvalue weighted by atomic mass is 10.0. The molecule has 0 aliphatic rings. The van der Waals surface area contributed by atoms with Crippen LogP contribution in [0.1, 0.15) is 11.1 Å². The average Bonchev–Trinajstić information content (AvgIpc) is 2.48. The van der Waals surface area contributed by atoms with E-state index in [1.54, 1.807) is 12.1 Å². The largest absolute Gasteiger partial charge is 0.395 e. The molecule has 118 valence electrons. The highest BCUT2D eigenvalue weighted by molar-refractivity contribution is 5.43. The van der Waals surface area contributed by atoms with E-state index < -0.39 is 0 Å². The minimum absolute atomic E-state index is 0.0574. The molecular formula is C14H23N3O4. The predicted molar refractivity (Wildman–Crippen MR) is 80.4 cm³/mol. The molecule has 1 rings (SSSR count). The van der Waals surface area contributed by atoms with Crippen LogP contribution < -0.4 is 10.6 Å². The Bertz CT molecular complexity index is 440. The second-order valence-corrected chi connectivity index (χ2v) is 4.67. The van der Waals surface area contributed by atoms with Crippen molar-refractivity contribution in [3.8, 4) is 0 Å². The topological polar surface area (TPSA) is 108 Å². The van der Waals surface area contributed by atoms with Crippen LogP contribution in [0.5, 0.6) is 0 Å². The Morgan fingerprint density at radius 3 is 2.19 bits per heavy atom. The molecule has 0 radical (unpaired) electrons. The maximum absolute atomic E-state index is 11.1. The highest BCUT2D eigenvalue weighted by Crippen LogP contribution is 2.21. The van der Waals surface area contributed by atoms with Gasteiger partial charge in [-0.3, -0.25) is 10.1 Å². The average molecular weight is 297 g/mol. The summed E-state index contributed by atoms with van der Waals surface area (Å²) in [4.78, 5) is 10.8. The fourth-order valence-corrected chi connectivity index (χ4v) is 2.01. The van der Waals surface area contributed by atoms with Crippen molar-refractivity contribution in [2.24, 2.45) is 0 Å². The summed E-state index contributed by atoms with van der Waals surface area (Å²) < 4.78 is 0. The van der Waals surface area contributed by atoms with Crippen LogP contribution in [-0.4, -0.2) is 54.5 Å². The van der Waals surface area contributed by atoms with Crippen LogP contribution in [0.2, 0.25) is 0 Å². The first-order valence-corrected chi connectivity index (χ1v) is 7.08. The minimum atomic E-state index is -0.355. The van der Waals surface area contributed by atoms with Crippen LogP contribution in [0, 0.1) is 10.1 Å². The molecule has 0 bridgehead atoms. The van der Waals surface area contributed by atoms with Crippen molar-refractivity contribution in [1.29, 1.82) is 0 Å². The molecule has 0 fully saturated rings. The number of nitro groups is 1. The number of hydrogen-bond donors (Lipinski definition) is 4. The zero-order chi connectivity index (χ0) is 15.5. The van der Waals surface area contributed by atoms with Crippen molar-refractivity contribution in [1.82, 2.24) is 10.6 Å². The van der Waals surface area contributed by atoms with Gasteiger partial charge in [0.25, 0.3) is 5.69 Å². The summed E-state index contributed by atoms with van der Waals surface area (Å²) in [7, 11) is 0. The third kappa shape index (κ3) is 6.63. The third-order valence-electron chi connectivity index (χ3n) is 3.09. The van der Waals surface area contributed by atoms with Crippen LogP contribution in [0.25, 0.3) is 0 Å². The molecule has 0 unspecified atom stereocenters. The van der Waals surface area contributed by atoms with E-state index in [2.05, 4.69) is 10.6 Å². The van der Waals surface area contributed by atoms with Gasteiger partial charge in [0.1, 0.15) is 0 Å². The van der Waals surface area contributed by atoms with Gasteiger partial charge in [-0.1, -0.05) is 12.1 Å². The summed E-state index contributed by atoms with van der Waals surface area (Å²) in [5.41, 5.74) is 1.73. The quantitative estimate of drug-likeness (QED) is 0.257. The molecule has 0 heterocycles. The van der Waals surface area contributed by atoms with Gasteiger partial charge >= 0.3 is 0 Å². The first kappa shape index (κ1) is 17.5. The molecule has 1 aromatic carbocycles. The first-order chi connectivity index (χ1) is 10.2. The molecule has 7 heteroatoms. The number of nitro benzene ring substituents is 1. The SMILES string of the molecule is O=[N+]([O-])c1cc(CCNCCO)ccc1CCNCCO. The second kappa shape index (κ2) is 10.2. The van der Waals surface area contributed by atoms with Crippen LogP contribution >= 0.6 is 0 Å². The summed E-state index contributed by atoms with van der Waals surface area (Å²) in [6.45, 7) is 2.43. The maximum atomic E-state index is 11.1. The Morgan fingerprint density at radius 2 is 1.62 bits per heavy atom. The molecule has 0 aromatic heterocycles. The summed E-state index contributed by atoms with van der Waals surface area (Å²) in [5, 5.41) is 34.5. The Labute approximate surface area is 124 Å². The van der Waals surface area contributed by atoms with Gasteiger partial charge in [-0.05, 0) is 31.5 Å². The number of benzene rings is 1. The number of nitrogens with one attached hydrogen (secondary N) is 2. The van der Waals surface area contributed by atoms with E-state index in [0.29, 0.717) is 44.6 Å². The van der Waals surface area contributed by atoms with Gasteiger partial charge < -0.3 is 20.8 Å². The van der Waals surface area contributed by atoms with Gasteiger partial charge in [0, 0.05) is 24.7 Å². The van der Waals surface area contributed by atoms with Gasteiger partial charge in [0.2, 0.25) is 0 Å². The Morgan fingerprint density at radius 1 is 1.00 bits per heavy atom. The molecule has 0 aliphatic carbocycles. The van der Waals surface area contributed by atoms with E-state index in [4.69, 9.17) is 10.2 Å². The van der Waals surface area contributed by atoms with Gasteiger partial charge in [-0.2, -0.15) is 0 Å². The van der Waals surface area contributed by atoms with Crippen LogP contribution in [0.3, 0.4) is 0 Å². The molecule has 21 heavy (non-hydrogen) atoms. The monoisotopic (exact) mass is 297 g/mol. The molecule has 0 atom stereocenters. The zero-order valence-electron chi connectivity index (χ0n) is 12.0. The summed E-state index contributed by atoms with van der Waals surface area (Å²) in [6.07, 6.45) is 1.24. The summed E-state index contributed by atoms with van der Waals surface area (Å²) in [5.74, 6) is 0. The number of hydrogen-bond acceptors (Lipinski definition) is 6. The fourth-order valence-electron chi connectivity index (χ4n) is 2.01. The standard InChI is InChI=1S/C14H23N3O4/c18-9-7-15-5-3-12-1-2-13(4-6-16-8-10-19)14(11-12)17(20)21/h1-2,11,15-16,18-19H,3-10H2. The van der Waals surface area contributed by atoms with Gasteiger partial charge in [-0.15, -0.1) is 0 Å². The van der Waals surface area contributed by atoms with Crippen molar-refractivity contribution in [3.63, 3.8) is 0 Å². The number of nitrogens with zero attached hydrogens (tertiary/aromatic N) is 1. The van der Waals surface area contributed by atoms with Crippen molar-refractivity contribution < 1.29 is 15.1 Å². The lowest BCUT2D eigenvalue weighted by Crippen LogP contribution is -2.21. The smallest absolute Gasteiger partial charge is 0.272 e. The lowest BCUT2D eigenvalue weighted by Gasteiger charge is -2.07. The van der Waals surface area contributed by atoms with Crippen LogP contribution in [0.4, 0.5) is 5.69 Å². The Kier molecular flexibility index (Phi) is 8.53. The number of aliphatic hydroxyl groups is 2. The van der Waals surface area contributed by atoms with Gasteiger partial charge in [-0.25, -0.2) is 0 Å². The molecule has 0 spiro atoms. The molecule has 0 aliphatic heterocycles. The van der Waals surface area contributed by atoms with Gasteiger partial charge in [0.05, 0.1) is 18.1 Å². The van der Waals surface area contributed by atoms with E-state index in [0.717, 1.165) is 5.56 Å². The normalized spacial score (nSPS) is 10.8. The summed E-state index contributed by atoms with van der Waals surface area (Å²) in [6, 6.07) is 5.30. The van der Waals surface area contributed by atoms with Crippen molar-refractivity contribution in [2.75, 3.05) is 39.4 Å². The molecule has 7 nitrogen and oxygen atoms in total. The van der Waals surface area contributed by atoms with E-state index in [1.165, 1.54) is 0 Å². The first-order valence-electron chi connectivity index (χ1n) is 7.08. The van der Waals surface area contributed by atoms with E-state index in [1.807, 2.05) is 6.07 Å². The maximum Gasteiger partial charge on any atom is 0.272 e. The zero-order valence-corrected chi connectivity index (χ0v) is 12.0. The van der Waals surface area contributed by atoms with E-state index >= 15 is 0 Å². The predicted octanol–water partition coefficient (Wildman–Crippen LogP) is -0.156. The number of aliphatic hydroxyl groups excluding tert-OH is 2. The van der Waals surface area contributed by atoms with Crippen LogP contribution in [-0.2, 0) is 12.8 Å². The van der Waals surface area contributed by atoms with Crippen LogP contribution in [0.15, 0.2) is 18.2 Å². The van der Waals surface area contributed by atoms with Crippen molar-refractivity contribution >= 4 is 5.69 Å². The Balaban J connectivity index is 2.61. The molecule has 0 saturated carbocycles. The fraction of sp³-hybridized carbons (Fsp3) is 0.571. The van der Waals surface area contributed by atoms with Gasteiger partial charge in [0.15, 0.2) is 0 Å². The van der Waals surface area contributed by atoms with Crippen molar-refractivity contribution in [3.05, 3.63) is 39.4 Å². The molecule has 4 N–H and O–H groups in total. The molecule has 1 aromatic rings. The third-order valence-corrected chi connectivity index (χ3v) is 3.09. The molecule has 0 amide bonds. The Hall–Kier alpha value is -1.54. The molecular weight excluding hydrogens is 274 g/mol. The minimum Gasteiger partial charge on any atom is -0.395 e. The van der Waals surface area contributed by atoms with E-state index in [9.17, 15) is 10.1 Å². The van der Waals surface area contributed by atoms with E-state index in [-0.39, 0.29) is 23.8 Å².